The molecule has 0 saturated carbocycles. The number of aliphatic hydroxyl groups excluding tert-OH is 1. The zero-order valence-corrected chi connectivity index (χ0v) is 19.1. The highest BCUT2D eigenvalue weighted by Crippen LogP contribution is 2.36. The van der Waals surface area contributed by atoms with E-state index >= 15 is 0 Å². The van der Waals surface area contributed by atoms with Crippen molar-refractivity contribution in [1.82, 2.24) is 18.9 Å². The van der Waals surface area contributed by atoms with E-state index in [9.17, 15) is 32.3 Å². The largest absolute Gasteiger partial charge is 0.418 e. The number of rotatable bonds is 5. The Bertz CT molecular complexity index is 1550. The predicted molar refractivity (Wildman–Crippen MR) is 122 cm³/mol. The van der Waals surface area contributed by atoms with Gasteiger partial charge in [-0.05, 0) is 42.5 Å². The molecule has 184 valence electrons. The van der Waals surface area contributed by atoms with Crippen molar-refractivity contribution in [2.24, 2.45) is 0 Å². The van der Waals surface area contributed by atoms with Crippen LogP contribution < -0.4 is 11.2 Å². The molecule has 0 aliphatic carbocycles. The Hall–Kier alpha value is -3.73. The van der Waals surface area contributed by atoms with Gasteiger partial charge >= 0.3 is 11.9 Å². The highest BCUT2D eigenvalue weighted by atomic mass is 19.4. The van der Waals surface area contributed by atoms with Crippen LogP contribution in [-0.4, -0.2) is 24.0 Å². The van der Waals surface area contributed by atoms with Crippen LogP contribution in [0.5, 0.6) is 0 Å². The first kappa shape index (κ1) is 24.4. The lowest BCUT2D eigenvalue weighted by molar-refractivity contribution is -0.137. The smallest absolute Gasteiger partial charge is 0.388 e. The van der Waals surface area contributed by atoms with Gasteiger partial charge in [-0.25, -0.2) is 9.18 Å². The standard InChI is InChI=1S/C24H22F4N4O3/c1-4-30-19(12-33)29-32(23(30)35)21-20(13(2)3)15-10-9-14(25)11-16(15)22(34)31(21)18-8-6-5-7-17(18)24(26,27)28/h5-11,13,33H,4,12H2,1-3H3. The normalized spacial score (nSPS) is 12.1. The van der Waals surface area contributed by atoms with Gasteiger partial charge in [0.2, 0.25) is 0 Å². The van der Waals surface area contributed by atoms with E-state index in [1.54, 1.807) is 20.8 Å². The first-order valence-corrected chi connectivity index (χ1v) is 10.9. The molecule has 0 atom stereocenters. The maximum atomic E-state index is 14.2. The number of para-hydroxylation sites is 1. The van der Waals surface area contributed by atoms with Gasteiger partial charge in [0.1, 0.15) is 12.4 Å². The molecule has 1 N–H and O–H groups in total. The maximum absolute atomic E-state index is 14.2. The predicted octanol–water partition coefficient (Wildman–Crippen LogP) is 4.13. The van der Waals surface area contributed by atoms with Crippen molar-refractivity contribution in [2.75, 3.05) is 0 Å². The average molecular weight is 490 g/mol. The third-order valence-electron chi connectivity index (χ3n) is 5.78. The molecule has 2 aromatic heterocycles. The summed E-state index contributed by atoms with van der Waals surface area (Å²) in [6.07, 6.45) is -4.83. The number of hydrogen-bond acceptors (Lipinski definition) is 4. The van der Waals surface area contributed by atoms with Crippen LogP contribution in [0.2, 0.25) is 0 Å². The fourth-order valence-corrected chi connectivity index (χ4v) is 4.31. The van der Waals surface area contributed by atoms with Gasteiger partial charge in [0.05, 0.1) is 16.6 Å². The van der Waals surface area contributed by atoms with Crippen molar-refractivity contribution in [3.05, 3.63) is 86.1 Å². The molecule has 2 heterocycles. The van der Waals surface area contributed by atoms with Gasteiger partial charge in [-0.1, -0.05) is 32.0 Å². The molecule has 7 nitrogen and oxygen atoms in total. The molecule has 35 heavy (non-hydrogen) atoms. The van der Waals surface area contributed by atoms with E-state index in [-0.39, 0.29) is 29.0 Å². The summed E-state index contributed by atoms with van der Waals surface area (Å²) in [6, 6.07) is 7.91. The van der Waals surface area contributed by atoms with Crippen LogP contribution in [0.25, 0.3) is 22.3 Å². The molecule has 4 rings (SSSR count). The summed E-state index contributed by atoms with van der Waals surface area (Å²) in [6.45, 7) is 4.65. The first-order valence-electron chi connectivity index (χ1n) is 10.9. The van der Waals surface area contributed by atoms with Crippen molar-refractivity contribution in [3.8, 4) is 11.5 Å². The molecule has 0 unspecified atom stereocenters. The van der Waals surface area contributed by atoms with Gasteiger partial charge in [0.25, 0.3) is 5.56 Å². The molecule has 0 radical (unpaired) electrons. The second-order valence-electron chi connectivity index (χ2n) is 8.25. The minimum absolute atomic E-state index is 0.0190. The van der Waals surface area contributed by atoms with Crippen molar-refractivity contribution in [3.63, 3.8) is 0 Å². The Morgan fingerprint density at radius 1 is 1.06 bits per heavy atom. The molecular weight excluding hydrogens is 468 g/mol. The molecule has 4 aromatic rings. The minimum atomic E-state index is -4.83. The van der Waals surface area contributed by atoms with E-state index in [0.717, 1.165) is 38.1 Å². The van der Waals surface area contributed by atoms with Gasteiger partial charge in [0, 0.05) is 12.1 Å². The summed E-state index contributed by atoms with van der Waals surface area (Å²) < 4.78 is 58.9. The highest BCUT2D eigenvalue weighted by Gasteiger charge is 2.36. The van der Waals surface area contributed by atoms with Crippen LogP contribution in [-0.2, 0) is 19.3 Å². The molecule has 0 aliphatic heterocycles. The quantitative estimate of drug-likeness (QED) is 0.427. The van der Waals surface area contributed by atoms with Crippen LogP contribution in [0.15, 0.2) is 52.1 Å². The average Bonchev–Trinajstić information content (AvgIpc) is 3.13. The molecule has 11 heteroatoms. The summed E-state index contributed by atoms with van der Waals surface area (Å²) >= 11 is 0. The van der Waals surface area contributed by atoms with Gasteiger partial charge in [-0.2, -0.15) is 17.9 Å². The Balaban J connectivity index is 2.32. The number of halogens is 4. The number of alkyl halides is 3. The topological polar surface area (TPSA) is 82.0 Å². The number of hydrogen-bond donors (Lipinski definition) is 1. The molecule has 0 saturated heterocycles. The molecule has 0 amide bonds. The third-order valence-corrected chi connectivity index (χ3v) is 5.78. The number of aromatic nitrogens is 4. The van der Waals surface area contributed by atoms with Crippen LogP contribution in [0.3, 0.4) is 0 Å². The van der Waals surface area contributed by atoms with E-state index < -0.39 is 47.0 Å². The Kier molecular flexibility index (Phi) is 6.14. The zero-order valence-electron chi connectivity index (χ0n) is 19.1. The SMILES string of the molecule is CCn1c(CO)nn(-c2c(C(C)C)c3ccc(F)cc3c(=O)n2-c2ccccc2C(F)(F)F)c1=O. The minimum Gasteiger partial charge on any atom is -0.388 e. The van der Waals surface area contributed by atoms with Crippen LogP contribution >= 0.6 is 0 Å². The monoisotopic (exact) mass is 490 g/mol. The second-order valence-corrected chi connectivity index (χ2v) is 8.25. The van der Waals surface area contributed by atoms with Crippen LogP contribution in [0.4, 0.5) is 17.6 Å². The first-order chi connectivity index (χ1) is 16.5. The lowest BCUT2D eigenvalue weighted by Crippen LogP contribution is -2.33. The van der Waals surface area contributed by atoms with Crippen molar-refractivity contribution in [1.29, 1.82) is 0 Å². The fourth-order valence-electron chi connectivity index (χ4n) is 4.31. The molecule has 0 bridgehead atoms. The van der Waals surface area contributed by atoms with Gasteiger partial charge < -0.3 is 5.11 Å². The number of nitrogens with zero attached hydrogens (tertiary/aromatic N) is 4. The number of pyridine rings is 1. The van der Waals surface area contributed by atoms with E-state index in [1.165, 1.54) is 18.2 Å². The van der Waals surface area contributed by atoms with Gasteiger partial charge in [-0.3, -0.25) is 13.9 Å². The van der Waals surface area contributed by atoms with E-state index in [2.05, 4.69) is 5.10 Å². The lowest BCUT2D eigenvalue weighted by Gasteiger charge is -2.23. The fraction of sp³-hybridized carbons (Fsp3) is 0.292. The highest BCUT2D eigenvalue weighted by molar-refractivity contribution is 5.88. The lowest BCUT2D eigenvalue weighted by atomic mass is 9.96. The van der Waals surface area contributed by atoms with Crippen molar-refractivity contribution >= 4 is 10.8 Å². The third kappa shape index (κ3) is 3.95. The summed E-state index contributed by atoms with van der Waals surface area (Å²) in [4.78, 5) is 27.0. The number of fused-ring (bicyclic) bond motifs is 1. The van der Waals surface area contributed by atoms with E-state index in [0.29, 0.717) is 5.56 Å². The molecule has 2 aromatic carbocycles. The summed E-state index contributed by atoms with van der Waals surface area (Å²) in [5.74, 6) is -1.37. The Labute approximate surface area is 196 Å². The molecule has 0 fully saturated rings. The van der Waals surface area contributed by atoms with Gasteiger partial charge in [-0.15, -0.1) is 5.10 Å². The Morgan fingerprint density at radius 3 is 2.31 bits per heavy atom. The van der Waals surface area contributed by atoms with E-state index in [4.69, 9.17) is 0 Å². The molecule has 0 aliphatic rings. The maximum Gasteiger partial charge on any atom is 0.418 e. The number of benzene rings is 2. The summed E-state index contributed by atoms with van der Waals surface area (Å²) in [5, 5.41) is 14.0. The van der Waals surface area contributed by atoms with Crippen molar-refractivity contribution in [2.45, 2.75) is 46.0 Å². The van der Waals surface area contributed by atoms with E-state index in [1.807, 2.05) is 0 Å². The second kappa shape index (κ2) is 8.81. The molecular formula is C24H22F4N4O3. The zero-order chi connectivity index (χ0) is 25.7. The van der Waals surface area contributed by atoms with Gasteiger partial charge in [0.15, 0.2) is 11.6 Å². The van der Waals surface area contributed by atoms with Crippen molar-refractivity contribution < 1.29 is 22.7 Å². The summed E-state index contributed by atoms with van der Waals surface area (Å²) in [7, 11) is 0. The Morgan fingerprint density at radius 2 is 1.74 bits per heavy atom. The summed E-state index contributed by atoms with van der Waals surface area (Å²) in [5.41, 5.74) is -3.00. The van der Waals surface area contributed by atoms with Crippen LogP contribution in [0.1, 0.15) is 43.6 Å². The number of aliphatic hydroxyl groups is 1. The van der Waals surface area contributed by atoms with Crippen LogP contribution in [0, 0.1) is 5.82 Å². The molecule has 0 spiro atoms.